The summed E-state index contributed by atoms with van der Waals surface area (Å²) >= 11 is 1.34. The van der Waals surface area contributed by atoms with Gasteiger partial charge in [-0.3, -0.25) is 9.59 Å². The zero-order valence-corrected chi connectivity index (χ0v) is 11.7. The van der Waals surface area contributed by atoms with Crippen molar-refractivity contribution in [3.8, 4) is 0 Å². The lowest BCUT2D eigenvalue weighted by molar-refractivity contribution is -0.116. The SMILES string of the molecule is Cc1csc(NC(=O)CCC(=O)c2ccc(F)cc2)n1. The molecule has 1 aromatic heterocycles. The van der Waals surface area contributed by atoms with E-state index in [4.69, 9.17) is 0 Å². The van der Waals surface area contributed by atoms with Gasteiger partial charge in [-0.05, 0) is 31.2 Å². The Balaban J connectivity index is 1.84. The van der Waals surface area contributed by atoms with Crippen molar-refractivity contribution in [3.63, 3.8) is 0 Å². The number of halogens is 1. The van der Waals surface area contributed by atoms with Crippen molar-refractivity contribution in [1.82, 2.24) is 4.98 Å². The van der Waals surface area contributed by atoms with Crippen molar-refractivity contribution in [1.29, 1.82) is 0 Å². The minimum atomic E-state index is -0.390. The molecule has 1 heterocycles. The van der Waals surface area contributed by atoms with Crippen LogP contribution in [0.5, 0.6) is 0 Å². The van der Waals surface area contributed by atoms with Crippen LogP contribution in [-0.2, 0) is 4.79 Å². The molecule has 0 radical (unpaired) electrons. The number of benzene rings is 1. The van der Waals surface area contributed by atoms with Crippen LogP contribution in [0.1, 0.15) is 28.9 Å². The van der Waals surface area contributed by atoms with Crippen molar-refractivity contribution in [2.45, 2.75) is 19.8 Å². The van der Waals surface area contributed by atoms with Crippen LogP contribution in [0.25, 0.3) is 0 Å². The van der Waals surface area contributed by atoms with E-state index in [0.29, 0.717) is 10.7 Å². The number of hydrogen-bond donors (Lipinski definition) is 1. The fourth-order valence-corrected chi connectivity index (χ4v) is 2.30. The van der Waals surface area contributed by atoms with Gasteiger partial charge in [0.2, 0.25) is 5.91 Å². The molecule has 0 saturated heterocycles. The third-order valence-electron chi connectivity index (χ3n) is 2.61. The highest BCUT2D eigenvalue weighted by atomic mass is 32.1. The molecule has 0 spiro atoms. The van der Waals surface area contributed by atoms with E-state index < -0.39 is 5.82 Å². The molecule has 0 saturated carbocycles. The number of nitrogens with zero attached hydrogens (tertiary/aromatic N) is 1. The molecule has 0 atom stereocenters. The summed E-state index contributed by atoms with van der Waals surface area (Å²) in [7, 11) is 0. The standard InChI is InChI=1S/C14H13FN2O2S/c1-9-8-20-14(16-9)17-13(19)7-6-12(18)10-2-4-11(15)5-3-10/h2-5,8H,6-7H2,1H3,(H,16,17,19). The largest absolute Gasteiger partial charge is 0.302 e. The fourth-order valence-electron chi connectivity index (χ4n) is 1.60. The second-order valence-electron chi connectivity index (χ2n) is 4.27. The first-order chi connectivity index (χ1) is 9.54. The molecule has 104 valence electrons. The van der Waals surface area contributed by atoms with Gasteiger partial charge in [0.05, 0.1) is 5.69 Å². The van der Waals surface area contributed by atoms with E-state index in [-0.39, 0.29) is 24.5 Å². The molecule has 0 bridgehead atoms. The van der Waals surface area contributed by atoms with Gasteiger partial charge in [0.1, 0.15) is 5.82 Å². The van der Waals surface area contributed by atoms with Crippen LogP contribution in [0.4, 0.5) is 9.52 Å². The van der Waals surface area contributed by atoms with Crippen LogP contribution in [0.15, 0.2) is 29.6 Å². The molecule has 1 aromatic carbocycles. The topological polar surface area (TPSA) is 59.1 Å². The Hall–Kier alpha value is -2.08. The van der Waals surface area contributed by atoms with Gasteiger partial charge in [-0.1, -0.05) is 0 Å². The van der Waals surface area contributed by atoms with Crippen LogP contribution in [0.3, 0.4) is 0 Å². The lowest BCUT2D eigenvalue weighted by Gasteiger charge is -2.02. The average Bonchev–Trinajstić information content (AvgIpc) is 2.82. The molecule has 4 nitrogen and oxygen atoms in total. The van der Waals surface area contributed by atoms with Crippen molar-refractivity contribution in [2.75, 3.05) is 5.32 Å². The zero-order chi connectivity index (χ0) is 14.5. The summed E-state index contributed by atoms with van der Waals surface area (Å²) < 4.78 is 12.7. The number of thiazole rings is 1. The van der Waals surface area contributed by atoms with Gasteiger partial charge < -0.3 is 5.32 Å². The molecule has 20 heavy (non-hydrogen) atoms. The second-order valence-corrected chi connectivity index (χ2v) is 5.13. The van der Waals surface area contributed by atoms with E-state index in [1.807, 2.05) is 12.3 Å². The monoisotopic (exact) mass is 292 g/mol. The number of aryl methyl sites for hydroxylation is 1. The maximum Gasteiger partial charge on any atom is 0.226 e. The Bertz CT molecular complexity index is 622. The molecule has 2 aromatic rings. The average molecular weight is 292 g/mol. The van der Waals surface area contributed by atoms with Crippen molar-refractivity contribution >= 4 is 28.2 Å². The molecule has 6 heteroatoms. The Labute approximate surface area is 119 Å². The predicted molar refractivity (Wildman–Crippen MR) is 75.4 cm³/mol. The van der Waals surface area contributed by atoms with E-state index >= 15 is 0 Å². The molecule has 0 aliphatic rings. The van der Waals surface area contributed by atoms with Crippen LogP contribution in [-0.4, -0.2) is 16.7 Å². The number of ketones is 1. The number of rotatable bonds is 5. The van der Waals surface area contributed by atoms with Crippen molar-refractivity contribution < 1.29 is 14.0 Å². The van der Waals surface area contributed by atoms with Crippen molar-refractivity contribution in [2.24, 2.45) is 0 Å². The number of hydrogen-bond acceptors (Lipinski definition) is 4. The van der Waals surface area contributed by atoms with Crippen LogP contribution < -0.4 is 5.32 Å². The first-order valence-electron chi connectivity index (χ1n) is 6.05. The van der Waals surface area contributed by atoms with Gasteiger partial charge in [0, 0.05) is 23.8 Å². The first-order valence-corrected chi connectivity index (χ1v) is 6.93. The molecule has 1 amide bonds. The molecule has 0 aliphatic carbocycles. The molecule has 1 N–H and O–H groups in total. The summed E-state index contributed by atoms with van der Waals surface area (Å²) in [6.07, 6.45) is 0.163. The Morgan fingerprint density at radius 3 is 2.55 bits per heavy atom. The zero-order valence-electron chi connectivity index (χ0n) is 10.9. The summed E-state index contributed by atoms with van der Waals surface area (Å²) in [4.78, 5) is 27.6. The minimum Gasteiger partial charge on any atom is -0.302 e. The van der Waals surface area contributed by atoms with Gasteiger partial charge in [-0.2, -0.15) is 0 Å². The summed E-state index contributed by atoms with van der Waals surface area (Å²) in [6, 6.07) is 5.29. The molecular formula is C14H13FN2O2S. The highest BCUT2D eigenvalue weighted by Crippen LogP contribution is 2.15. The lowest BCUT2D eigenvalue weighted by atomic mass is 10.1. The molecule has 0 unspecified atom stereocenters. The summed E-state index contributed by atoms with van der Waals surface area (Å²) in [6.45, 7) is 1.84. The van der Waals surface area contributed by atoms with Crippen LogP contribution in [0, 0.1) is 12.7 Å². The van der Waals surface area contributed by atoms with Gasteiger partial charge in [-0.25, -0.2) is 9.37 Å². The summed E-state index contributed by atoms with van der Waals surface area (Å²) in [5.74, 6) is -0.830. The van der Waals surface area contributed by atoms with Crippen molar-refractivity contribution in [3.05, 3.63) is 46.7 Å². The maximum absolute atomic E-state index is 12.7. The maximum atomic E-state index is 12.7. The van der Waals surface area contributed by atoms with E-state index in [0.717, 1.165) is 5.69 Å². The highest BCUT2D eigenvalue weighted by Gasteiger charge is 2.10. The van der Waals surface area contributed by atoms with E-state index in [9.17, 15) is 14.0 Å². The summed E-state index contributed by atoms with van der Waals surface area (Å²) in [5.41, 5.74) is 1.25. The van der Waals surface area contributed by atoms with Crippen LogP contribution >= 0.6 is 11.3 Å². The predicted octanol–water partition coefficient (Wildman–Crippen LogP) is 3.19. The lowest BCUT2D eigenvalue weighted by Crippen LogP contribution is -2.13. The number of anilines is 1. The minimum absolute atomic E-state index is 0.0782. The third-order valence-corrected chi connectivity index (χ3v) is 3.49. The smallest absolute Gasteiger partial charge is 0.226 e. The summed E-state index contributed by atoms with van der Waals surface area (Å²) in [5, 5.41) is 5.00. The van der Waals surface area contributed by atoms with E-state index in [1.165, 1.54) is 35.6 Å². The number of carbonyl (C=O) groups excluding carboxylic acids is 2. The van der Waals surface area contributed by atoms with Gasteiger partial charge in [0.25, 0.3) is 0 Å². The number of amides is 1. The van der Waals surface area contributed by atoms with E-state index in [1.54, 1.807) is 0 Å². The highest BCUT2D eigenvalue weighted by molar-refractivity contribution is 7.13. The Kier molecular flexibility index (Phi) is 4.57. The van der Waals surface area contributed by atoms with Gasteiger partial charge in [0.15, 0.2) is 10.9 Å². The quantitative estimate of drug-likeness (QED) is 0.861. The second kappa shape index (κ2) is 6.38. The first kappa shape index (κ1) is 14.3. The Morgan fingerprint density at radius 1 is 1.25 bits per heavy atom. The van der Waals surface area contributed by atoms with E-state index in [2.05, 4.69) is 10.3 Å². The van der Waals surface area contributed by atoms with Gasteiger partial charge >= 0.3 is 0 Å². The fraction of sp³-hybridized carbons (Fsp3) is 0.214. The number of Topliss-reactive ketones (excluding diaryl/α,β-unsaturated/α-hetero) is 1. The molecule has 2 rings (SSSR count). The Morgan fingerprint density at radius 2 is 1.95 bits per heavy atom. The van der Waals surface area contributed by atoms with Crippen LogP contribution in [0.2, 0.25) is 0 Å². The number of aromatic nitrogens is 1. The molecule has 0 fully saturated rings. The molecule has 0 aliphatic heterocycles. The number of carbonyl (C=O) groups is 2. The number of nitrogens with one attached hydrogen (secondary N) is 1. The normalized spacial score (nSPS) is 10.3. The molecular weight excluding hydrogens is 279 g/mol. The van der Waals surface area contributed by atoms with Gasteiger partial charge in [-0.15, -0.1) is 11.3 Å². The third kappa shape index (κ3) is 3.96.